The molecule has 0 unspecified atom stereocenters. The predicted octanol–water partition coefficient (Wildman–Crippen LogP) is 4.70. The summed E-state index contributed by atoms with van der Waals surface area (Å²) in [6, 6.07) is 10.7. The number of nitrogens with zero attached hydrogens (tertiary/aromatic N) is 3. The van der Waals surface area contributed by atoms with Crippen molar-refractivity contribution in [2.75, 3.05) is 5.32 Å². The normalized spacial score (nSPS) is 10.5. The lowest BCUT2D eigenvalue weighted by atomic mass is 10.2. The van der Waals surface area contributed by atoms with Gasteiger partial charge in [0.25, 0.3) is 11.6 Å². The lowest BCUT2D eigenvalue weighted by Crippen LogP contribution is -2.15. The van der Waals surface area contributed by atoms with Crippen LogP contribution in [0.4, 0.5) is 11.4 Å². The minimum absolute atomic E-state index is 0.0268. The first-order chi connectivity index (χ1) is 13.3. The Labute approximate surface area is 169 Å². The highest BCUT2D eigenvalue weighted by Crippen LogP contribution is 2.29. The van der Waals surface area contributed by atoms with Crippen LogP contribution in [0, 0.1) is 17.0 Å². The number of nitro benzene ring substituents is 1. The fourth-order valence-corrected chi connectivity index (χ4v) is 2.74. The number of hydrogen-bond donors (Lipinski definition) is 1. The molecule has 1 aromatic heterocycles. The topological polar surface area (TPSA) is 99.3 Å². The van der Waals surface area contributed by atoms with Gasteiger partial charge < -0.3 is 10.1 Å². The smallest absolute Gasteiger partial charge is 0.276 e. The third-order valence-corrected chi connectivity index (χ3v) is 4.57. The molecule has 144 valence electrons. The summed E-state index contributed by atoms with van der Waals surface area (Å²) in [7, 11) is 0. The highest BCUT2D eigenvalue weighted by atomic mass is 35.5. The van der Waals surface area contributed by atoms with Gasteiger partial charge in [0.1, 0.15) is 5.75 Å². The van der Waals surface area contributed by atoms with Gasteiger partial charge in [0, 0.05) is 29.0 Å². The molecule has 3 aromatic rings. The van der Waals surface area contributed by atoms with Gasteiger partial charge in [0.2, 0.25) is 0 Å². The Kier molecular flexibility index (Phi) is 5.81. The maximum absolute atomic E-state index is 12.4. The molecule has 0 atom stereocenters. The Balaban J connectivity index is 1.65. The second-order valence-corrected chi connectivity index (χ2v) is 6.57. The molecule has 1 heterocycles. The molecule has 0 saturated carbocycles. The van der Waals surface area contributed by atoms with E-state index in [1.54, 1.807) is 31.3 Å². The zero-order chi connectivity index (χ0) is 20.3. The molecule has 1 N–H and O–H groups in total. The Hall–Kier alpha value is -3.10. The maximum Gasteiger partial charge on any atom is 0.276 e. The molecule has 8 nitrogen and oxygen atoms in total. The number of nitrogens with one attached hydrogen (secondary N) is 1. The van der Waals surface area contributed by atoms with E-state index >= 15 is 0 Å². The zero-order valence-electron chi connectivity index (χ0n) is 14.6. The third kappa shape index (κ3) is 4.41. The van der Waals surface area contributed by atoms with Crippen molar-refractivity contribution in [3.8, 4) is 5.75 Å². The molecule has 0 aliphatic carbocycles. The van der Waals surface area contributed by atoms with E-state index in [1.165, 1.54) is 28.9 Å². The zero-order valence-corrected chi connectivity index (χ0v) is 16.1. The number of halogens is 2. The van der Waals surface area contributed by atoms with E-state index in [1.807, 2.05) is 0 Å². The van der Waals surface area contributed by atoms with Crippen molar-refractivity contribution in [2.45, 2.75) is 13.7 Å². The summed E-state index contributed by atoms with van der Waals surface area (Å²) < 4.78 is 6.90. The van der Waals surface area contributed by atoms with E-state index in [4.69, 9.17) is 27.9 Å². The average Bonchev–Trinajstić information content (AvgIpc) is 3.13. The number of benzene rings is 2. The van der Waals surface area contributed by atoms with E-state index in [-0.39, 0.29) is 28.9 Å². The van der Waals surface area contributed by atoms with E-state index < -0.39 is 10.8 Å². The standard InChI is InChI=1S/C18H14Cl2N4O4/c1-11-13(19)3-2-4-15(11)21-18(25)16-7-8-23(22-16)10-28-17-6-5-12(24(26)27)9-14(17)20/h2-9H,10H2,1H3,(H,21,25). The summed E-state index contributed by atoms with van der Waals surface area (Å²) in [5.74, 6) is -0.124. The Bertz CT molecular complexity index is 1050. The number of anilines is 1. The number of rotatable bonds is 6. The summed E-state index contributed by atoms with van der Waals surface area (Å²) in [6.07, 6.45) is 1.57. The number of hydrogen-bond acceptors (Lipinski definition) is 5. The van der Waals surface area contributed by atoms with Crippen LogP contribution in [-0.4, -0.2) is 20.6 Å². The molecule has 2 aromatic carbocycles. The van der Waals surface area contributed by atoms with E-state index in [0.29, 0.717) is 10.7 Å². The van der Waals surface area contributed by atoms with Crippen molar-refractivity contribution in [3.05, 3.63) is 80.1 Å². The number of aromatic nitrogens is 2. The van der Waals surface area contributed by atoms with Gasteiger partial charge in [-0.25, -0.2) is 4.68 Å². The van der Waals surface area contributed by atoms with Gasteiger partial charge in [-0.1, -0.05) is 29.3 Å². The largest absolute Gasteiger partial charge is 0.470 e. The molecule has 0 radical (unpaired) electrons. The molecule has 28 heavy (non-hydrogen) atoms. The van der Waals surface area contributed by atoms with Crippen molar-refractivity contribution < 1.29 is 14.5 Å². The summed E-state index contributed by atoms with van der Waals surface area (Å²) >= 11 is 12.0. The van der Waals surface area contributed by atoms with Crippen LogP contribution in [0.3, 0.4) is 0 Å². The van der Waals surface area contributed by atoms with Crippen molar-refractivity contribution in [1.82, 2.24) is 9.78 Å². The first kappa shape index (κ1) is 19.7. The van der Waals surface area contributed by atoms with Gasteiger partial charge in [-0.05, 0) is 36.8 Å². The summed E-state index contributed by atoms with van der Waals surface area (Å²) in [6.45, 7) is 1.78. The number of ether oxygens (including phenoxy) is 1. The van der Waals surface area contributed by atoms with E-state index in [2.05, 4.69) is 10.4 Å². The van der Waals surface area contributed by atoms with Gasteiger partial charge in [-0.3, -0.25) is 14.9 Å². The van der Waals surface area contributed by atoms with Crippen LogP contribution in [0.15, 0.2) is 48.7 Å². The van der Waals surface area contributed by atoms with Crippen molar-refractivity contribution in [2.24, 2.45) is 0 Å². The summed E-state index contributed by atoms with van der Waals surface area (Å²) in [5, 5.41) is 18.3. The molecule has 10 heteroatoms. The second-order valence-electron chi connectivity index (χ2n) is 5.75. The molecule has 0 saturated heterocycles. The molecule has 0 aliphatic rings. The number of carbonyl (C=O) groups is 1. The fourth-order valence-electron chi connectivity index (χ4n) is 2.34. The second kappa shape index (κ2) is 8.28. The van der Waals surface area contributed by atoms with Crippen LogP contribution in [0.1, 0.15) is 16.1 Å². The third-order valence-electron chi connectivity index (χ3n) is 3.87. The average molecular weight is 421 g/mol. The fraction of sp³-hybridized carbons (Fsp3) is 0.111. The van der Waals surface area contributed by atoms with Crippen LogP contribution < -0.4 is 10.1 Å². The van der Waals surface area contributed by atoms with Crippen molar-refractivity contribution >= 4 is 40.5 Å². The van der Waals surface area contributed by atoms with Crippen LogP contribution in [0.5, 0.6) is 5.75 Å². The lowest BCUT2D eigenvalue weighted by molar-refractivity contribution is -0.384. The molecule has 0 aliphatic heterocycles. The molecule has 3 rings (SSSR count). The van der Waals surface area contributed by atoms with E-state index in [0.717, 1.165) is 5.56 Å². The first-order valence-corrected chi connectivity index (χ1v) is 8.77. The Morgan fingerprint density at radius 1 is 1.25 bits per heavy atom. The van der Waals surface area contributed by atoms with Gasteiger partial charge >= 0.3 is 0 Å². The first-order valence-electron chi connectivity index (χ1n) is 8.02. The quantitative estimate of drug-likeness (QED) is 0.460. The van der Waals surface area contributed by atoms with Crippen LogP contribution in [0.25, 0.3) is 0 Å². The monoisotopic (exact) mass is 420 g/mol. The Morgan fingerprint density at radius 3 is 2.75 bits per heavy atom. The molecule has 1 amide bonds. The minimum atomic E-state index is -0.546. The van der Waals surface area contributed by atoms with Crippen molar-refractivity contribution in [3.63, 3.8) is 0 Å². The molecule has 0 spiro atoms. The number of non-ortho nitro benzene ring substituents is 1. The number of carbonyl (C=O) groups excluding carboxylic acids is 1. The van der Waals surface area contributed by atoms with E-state index in [9.17, 15) is 14.9 Å². The number of amides is 1. The molecular formula is C18H14Cl2N4O4. The lowest BCUT2D eigenvalue weighted by Gasteiger charge is -2.09. The van der Waals surface area contributed by atoms with Crippen LogP contribution in [0.2, 0.25) is 10.0 Å². The van der Waals surface area contributed by atoms with Gasteiger partial charge in [0.05, 0.1) is 9.95 Å². The number of nitro groups is 1. The Morgan fingerprint density at radius 2 is 2.04 bits per heavy atom. The van der Waals surface area contributed by atoms with Crippen LogP contribution >= 0.6 is 23.2 Å². The van der Waals surface area contributed by atoms with Gasteiger partial charge in [0.15, 0.2) is 12.4 Å². The molecule has 0 fully saturated rings. The van der Waals surface area contributed by atoms with Gasteiger partial charge in [-0.2, -0.15) is 5.10 Å². The predicted molar refractivity (Wildman–Crippen MR) is 105 cm³/mol. The highest BCUT2D eigenvalue weighted by molar-refractivity contribution is 6.32. The summed E-state index contributed by atoms with van der Waals surface area (Å²) in [4.78, 5) is 22.5. The molecular weight excluding hydrogens is 407 g/mol. The highest BCUT2D eigenvalue weighted by Gasteiger charge is 2.13. The summed E-state index contributed by atoms with van der Waals surface area (Å²) in [5.41, 5.74) is 1.42. The maximum atomic E-state index is 12.4. The van der Waals surface area contributed by atoms with Gasteiger partial charge in [-0.15, -0.1) is 0 Å². The van der Waals surface area contributed by atoms with Crippen LogP contribution in [-0.2, 0) is 6.73 Å². The van der Waals surface area contributed by atoms with Crippen molar-refractivity contribution in [1.29, 1.82) is 0 Å². The SMILES string of the molecule is Cc1c(Cl)cccc1NC(=O)c1ccn(COc2ccc([N+](=O)[O-])cc2Cl)n1. The minimum Gasteiger partial charge on any atom is -0.470 e. The molecule has 0 bridgehead atoms.